The van der Waals surface area contributed by atoms with Crippen LogP contribution in [0, 0.1) is 34.5 Å². The molecule has 4 aliphatic rings. The molecule has 0 radical (unpaired) electrons. The van der Waals surface area contributed by atoms with Crippen LogP contribution in [0.1, 0.15) is 86.0 Å². The van der Waals surface area contributed by atoms with E-state index >= 15 is 0 Å². The number of hydrogen-bond acceptors (Lipinski definition) is 6. The summed E-state index contributed by atoms with van der Waals surface area (Å²) in [4.78, 5) is 13.2. The molecule has 33 heavy (non-hydrogen) atoms. The maximum atomic E-state index is 13.2. The molecule has 3 saturated carbocycles. The van der Waals surface area contributed by atoms with Gasteiger partial charge in [-0.05, 0) is 100 Å². The fraction of sp³-hybridized carbons (Fsp3) is 0.889. The molecule has 5 N–H and O–H groups in total. The molecule has 6 nitrogen and oxygen atoms in total. The summed E-state index contributed by atoms with van der Waals surface area (Å²) < 4.78 is 0. The fourth-order valence-corrected chi connectivity index (χ4v) is 8.29. The van der Waals surface area contributed by atoms with Crippen LogP contribution in [0.3, 0.4) is 0 Å². The Balaban J connectivity index is 1.62. The summed E-state index contributed by atoms with van der Waals surface area (Å²) in [6.07, 6.45) is 4.06. The molecule has 6 heteroatoms. The van der Waals surface area contributed by atoms with E-state index in [4.69, 9.17) is 0 Å². The van der Waals surface area contributed by atoms with Gasteiger partial charge < -0.3 is 25.5 Å². The van der Waals surface area contributed by atoms with Crippen LogP contribution in [0.5, 0.6) is 0 Å². The van der Waals surface area contributed by atoms with Gasteiger partial charge in [-0.25, -0.2) is 0 Å². The third-order valence-corrected chi connectivity index (χ3v) is 10.5. The predicted octanol–water partition coefficient (Wildman–Crippen LogP) is 2.74. The van der Waals surface area contributed by atoms with Crippen LogP contribution < -0.4 is 0 Å². The van der Waals surface area contributed by atoms with Crippen LogP contribution in [0.25, 0.3) is 0 Å². The maximum Gasteiger partial charge on any atom is 0.159 e. The second-order valence-electron chi connectivity index (χ2n) is 12.9. The Morgan fingerprint density at radius 3 is 2.42 bits per heavy atom. The van der Waals surface area contributed by atoms with Crippen LogP contribution in [0.15, 0.2) is 11.6 Å². The van der Waals surface area contributed by atoms with Gasteiger partial charge in [0.25, 0.3) is 0 Å². The van der Waals surface area contributed by atoms with Crippen molar-refractivity contribution in [3.05, 3.63) is 11.6 Å². The number of hydrogen-bond donors (Lipinski definition) is 5. The van der Waals surface area contributed by atoms with E-state index in [1.54, 1.807) is 19.9 Å². The largest absolute Gasteiger partial charge is 0.393 e. The summed E-state index contributed by atoms with van der Waals surface area (Å²) in [7, 11) is 0. The van der Waals surface area contributed by atoms with Crippen LogP contribution in [-0.2, 0) is 4.79 Å². The van der Waals surface area contributed by atoms with Crippen molar-refractivity contribution in [1.29, 1.82) is 0 Å². The molecule has 0 unspecified atom stereocenters. The molecule has 0 spiro atoms. The Labute approximate surface area is 198 Å². The van der Waals surface area contributed by atoms with Crippen LogP contribution in [0.2, 0.25) is 0 Å². The number of aliphatic hydroxyl groups excluding tert-OH is 3. The lowest BCUT2D eigenvalue weighted by molar-refractivity contribution is -0.154. The molecule has 0 aliphatic heterocycles. The van der Waals surface area contributed by atoms with E-state index in [0.29, 0.717) is 25.7 Å². The second-order valence-corrected chi connectivity index (χ2v) is 12.9. The van der Waals surface area contributed by atoms with Gasteiger partial charge >= 0.3 is 0 Å². The molecular formula is C27H44O6. The lowest BCUT2D eigenvalue weighted by Gasteiger charge is -2.60. The Kier molecular flexibility index (Phi) is 6.23. The zero-order chi connectivity index (χ0) is 24.6. The van der Waals surface area contributed by atoms with Gasteiger partial charge in [0.15, 0.2) is 5.78 Å². The van der Waals surface area contributed by atoms with Crippen LogP contribution >= 0.6 is 0 Å². The number of fused-ring (bicyclic) bond motifs is 5. The lowest BCUT2D eigenvalue weighted by atomic mass is 9.46. The smallest absolute Gasteiger partial charge is 0.159 e. The van der Waals surface area contributed by atoms with Crippen molar-refractivity contribution in [2.75, 3.05) is 0 Å². The van der Waals surface area contributed by atoms with Crippen molar-refractivity contribution in [3.8, 4) is 0 Å². The maximum absolute atomic E-state index is 13.2. The van der Waals surface area contributed by atoms with Crippen molar-refractivity contribution in [2.24, 2.45) is 34.5 Å². The van der Waals surface area contributed by atoms with Crippen LogP contribution in [0.4, 0.5) is 0 Å². The first-order chi connectivity index (χ1) is 15.1. The summed E-state index contributed by atoms with van der Waals surface area (Å²) in [5.74, 6) is -0.264. The molecule has 0 amide bonds. The molecule has 0 saturated heterocycles. The van der Waals surface area contributed by atoms with Gasteiger partial charge in [-0.3, -0.25) is 4.79 Å². The average Bonchev–Trinajstić information content (AvgIpc) is 2.99. The van der Waals surface area contributed by atoms with Crippen molar-refractivity contribution in [3.63, 3.8) is 0 Å². The molecular weight excluding hydrogens is 420 g/mol. The van der Waals surface area contributed by atoms with Gasteiger partial charge in [-0.1, -0.05) is 20.8 Å². The Hall–Kier alpha value is -0.790. The molecule has 0 bridgehead atoms. The Morgan fingerprint density at radius 2 is 1.79 bits per heavy atom. The minimum Gasteiger partial charge on any atom is -0.393 e. The minimum absolute atomic E-state index is 0.00888. The molecule has 0 aromatic heterocycles. The highest BCUT2D eigenvalue weighted by Crippen LogP contribution is 2.68. The normalized spacial score (nSPS) is 47.3. The SMILES string of the molecule is C[C@@H]([C@H](O)CCC(C)(C)O)[C@H]1CC[C@@]2(O)C3=CC(=O)[C@@H]4C[C@@H](O)[C@@H](O)C[C@]4(C)[C@H]3CC[C@]12C. The molecule has 0 heterocycles. The van der Waals surface area contributed by atoms with Gasteiger partial charge in [-0.15, -0.1) is 0 Å². The highest BCUT2D eigenvalue weighted by atomic mass is 16.3. The number of rotatable bonds is 5. The van der Waals surface area contributed by atoms with Gasteiger partial charge in [0.2, 0.25) is 0 Å². The molecule has 0 aromatic carbocycles. The predicted molar refractivity (Wildman–Crippen MR) is 125 cm³/mol. The molecule has 3 fully saturated rings. The van der Waals surface area contributed by atoms with Crippen molar-refractivity contribution in [1.82, 2.24) is 0 Å². The van der Waals surface area contributed by atoms with E-state index in [2.05, 4.69) is 20.8 Å². The van der Waals surface area contributed by atoms with E-state index in [1.165, 1.54) is 0 Å². The number of ketones is 1. The zero-order valence-electron chi connectivity index (χ0n) is 20.9. The average molecular weight is 465 g/mol. The summed E-state index contributed by atoms with van der Waals surface area (Å²) in [6, 6.07) is 0. The summed E-state index contributed by atoms with van der Waals surface area (Å²) in [5.41, 5.74) is -2.01. The Bertz CT molecular complexity index is 816. The van der Waals surface area contributed by atoms with Gasteiger partial charge in [0, 0.05) is 11.3 Å². The van der Waals surface area contributed by atoms with Gasteiger partial charge in [-0.2, -0.15) is 0 Å². The fourth-order valence-electron chi connectivity index (χ4n) is 8.29. The number of allylic oxidation sites excluding steroid dienone is 1. The van der Waals surface area contributed by atoms with E-state index in [0.717, 1.165) is 24.8 Å². The molecule has 4 aliphatic carbocycles. The van der Waals surface area contributed by atoms with E-state index < -0.39 is 40.3 Å². The quantitative estimate of drug-likeness (QED) is 0.427. The lowest BCUT2D eigenvalue weighted by Crippen LogP contribution is -2.61. The zero-order valence-corrected chi connectivity index (χ0v) is 20.9. The number of carbonyl (C=O) groups excluding carboxylic acids is 1. The van der Waals surface area contributed by atoms with Gasteiger partial charge in [0.1, 0.15) is 0 Å². The third-order valence-electron chi connectivity index (χ3n) is 10.5. The minimum atomic E-state index is -1.10. The molecule has 188 valence electrons. The van der Waals surface area contributed by atoms with Crippen molar-refractivity contribution < 1.29 is 30.3 Å². The summed E-state index contributed by atoms with van der Waals surface area (Å²) >= 11 is 0. The monoisotopic (exact) mass is 464 g/mol. The first-order valence-electron chi connectivity index (χ1n) is 12.9. The number of carbonyl (C=O) groups is 1. The molecule has 10 atom stereocenters. The first kappa shape index (κ1) is 25.3. The van der Waals surface area contributed by atoms with E-state index in [9.17, 15) is 30.3 Å². The molecule has 4 rings (SSSR count). The van der Waals surface area contributed by atoms with Crippen molar-refractivity contribution >= 4 is 5.78 Å². The highest BCUT2D eigenvalue weighted by molar-refractivity contribution is 5.95. The van der Waals surface area contributed by atoms with Gasteiger partial charge in [0.05, 0.1) is 29.5 Å². The highest BCUT2D eigenvalue weighted by Gasteiger charge is 2.67. The second kappa shape index (κ2) is 8.12. The van der Waals surface area contributed by atoms with E-state index in [-0.39, 0.29) is 35.9 Å². The number of aliphatic hydroxyl groups is 5. The van der Waals surface area contributed by atoms with Crippen LogP contribution in [-0.4, -0.2) is 60.8 Å². The summed E-state index contributed by atoms with van der Waals surface area (Å²) in [6.45, 7) is 9.74. The Morgan fingerprint density at radius 1 is 1.12 bits per heavy atom. The topological polar surface area (TPSA) is 118 Å². The standard InChI is InChI=1S/C27H44O6/c1-15(20(28)8-9-24(2,3)32)16-7-11-27(33)18-12-21(29)19-13-22(30)23(31)14-25(19,4)17(18)6-10-26(16,27)5/h12,15-17,19-20,22-23,28,30-33H,6-11,13-14H2,1-5H3/t15-,16-,17+,19+,20-,22-,23+,25-,26-,27-/m1/s1. The molecule has 0 aromatic rings. The van der Waals surface area contributed by atoms with Crippen molar-refractivity contribution in [2.45, 2.75) is 115 Å². The summed E-state index contributed by atoms with van der Waals surface area (Å²) in [5, 5.41) is 53.9. The van der Waals surface area contributed by atoms with E-state index in [1.807, 2.05) is 0 Å². The first-order valence-corrected chi connectivity index (χ1v) is 12.9. The third kappa shape index (κ3) is 3.85.